The number of nitrogens with one attached hydrogen (secondary N) is 2. The van der Waals surface area contributed by atoms with Crippen LogP contribution in [0.5, 0.6) is 5.88 Å². The molecule has 0 aliphatic carbocycles. The van der Waals surface area contributed by atoms with Gasteiger partial charge < -0.3 is 20.3 Å². The predicted octanol–water partition coefficient (Wildman–Crippen LogP) is 4.10. The zero-order chi connectivity index (χ0) is 20.9. The Balaban J connectivity index is 1.48. The van der Waals surface area contributed by atoms with Crippen LogP contribution in [0.25, 0.3) is 0 Å². The normalized spacial score (nSPS) is 13.9. The lowest BCUT2D eigenvalue weighted by molar-refractivity contribution is 0.397. The number of aromatic nitrogens is 2. The van der Waals surface area contributed by atoms with Gasteiger partial charge in [0.05, 0.1) is 13.2 Å². The summed E-state index contributed by atoms with van der Waals surface area (Å²) in [4.78, 5) is 11.3. The number of anilines is 2. The topological polar surface area (TPSA) is 62.3 Å². The maximum atomic E-state index is 5.49. The van der Waals surface area contributed by atoms with Crippen molar-refractivity contribution in [3.8, 4) is 5.88 Å². The molecule has 0 bridgehead atoms. The van der Waals surface area contributed by atoms with E-state index in [4.69, 9.17) is 21.9 Å². The highest BCUT2D eigenvalue weighted by atomic mass is 32.1. The summed E-state index contributed by atoms with van der Waals surface area (Å²) in [6.45, 7) is 3.76. The molecule has 0 saturated carbocycles. The number of ether oxygens (including phenoxy) is 1. The molecule has 0 radical (unpaired) electrons. The number of fused-ring (bicyclic) bond motifs is 1. The van der Waals surface area contributed by atoms with Gasteiger partial charge in [0.15, 0.2) is 5.11 Å². The molecule has 6 nitrogen and oxygen atoms in total. The van der Waals surface area contributed by atoms with Crippen molar-refractivity contribution in [3.63, 3.8) is 0 Å². The zero-order valence-corrected chi connectivity index (χ0v) is 17.9. The Morgan fingerprint density at radius 1 is 1.07 bits per heavy atom. The van der Waals surface area contributed by atoms with Crippen LogP contribution in [0.4, 0.5) is 11.8 Å². The highest BCUT2D eigenvalue weighted by Gasteiger charge is 2.19. The molecule has 154 valence electrons. The molecule has 1 aliphatic rings. The average molecular weight is 420 g/mol. The van der Waals surface area contributed by atoms with E-state index >= 15 is 0 Å². The van der Waals surface area contributed by atoms with Crippen molar-refractivity contribution in [2.24, 2.45) is 0 Å². The first-order valence-corrected chi connectivity index (χ1v) is 10.4. The van der Waals surface area contributed by atoms with Crippen molar-refractivity contribution in [1.82, 2.24) is 15.3 Å². The van der Waals surface area contributed by atoms with Crippen LogP contribution in [0.15, 0.2) is 60.7 Å². The molecule has 0 fully saturated rings. The van der Waals surface area contributed by atoms with E-state index in [0.29, 0.717) is 16.9 Å². The first-order chi connectivity index (χ1) is 14.6. The molecule has 1 atom stereocenters. The molecule has 2 aromatic carbocycles. The van der Waals surface area contributed by atoms with Gasteiger partial charge in [-0.25, -0.2) is 0 Å². The highest BCUT2D eigenvalue weighted by Crippen LogP contribution is 2.26. The third kappa shape index (κ3) is 4.68. The Bertz CT molecular complexity index is 1030. The molecule has 0 unspecified atom stereocenters. The van der Waals surface area contributed by atoms with Crippen molar-refractivity contribution in [2.75, 3.05) is 23.9 Å². The van der Waals surface area contributed by atoms with Crippen LogP contribution in [-0.2, 0) is 13.0 Å². The second kappa shape index (κ2) is 9.09. The van der Waals surface area contributed by atoms with E-state index in [-0.39, 0.29) is 6.04 Å². The van der Waals surface area contributed by atoms with Gasteiger partial charge >= 0.3 is 0 Å². The minimum absolute atomic E-state index is 0.0647. The summed E-state index contributed by atoms with van der Waals surface area (Å²) in [5.74, 6) is 1.74. The van der Waals surface area contributed by atoms with Crippen molar-refractivity contribution in [3.05, 3.63) is 77.4 Å². The van der Waals surface area contributed by atoms with Crippen molar-refractivity contribution in [1.29, 1.82) is 0 Å². The number of rotatable bonds is 5. The quantitative estimate of drug-likeness (QED) is 0.604. The minimum Gasteiger partial charge on any atom is -0.481 e. The maximum Gasteiger partial charge on any atom is 0.234 e. The van der Waals surface area contributed by atoms with Gasteiger partial charge in [0.1, 0.15) is 5.82 Å². The van der Waals surface area contributed by atoms with Gasteiger partial charge in [0, 0.05) is 19.2 Å². The second-order valence-corrected chi connectivity index (χ2v) is 7.67. The average Bonchev–Trinajstić information content (AvgIpc) is 2.79. The molecule has 1 aliphatic heterocycles. The molecule has 30 heavy (non-hydrogen) atoms. The predicted molar refractivity (Wildman–Crippen MR) is 124 cm³/mol. The largest absolute Gasteiger partial charge is 0.481 e. The monoisotopic (exact) mass is 419 g/mol. The van der Waals surface area contributed by atoms with Crippen LogP contribution < -0.4 is 20.3 Å². The lowest BCUT2D eigenvalue weighted by atomic mass is 10.00. The molecule has 0 amide bonds. The van der Waals surface area contributed by atoms with Crippen molar-refractivity contribution < 1.29 is 4.74 Å². The summed E-state index contributed by atoms with van der Waals surface area (Å²) < 4.78 is 5.41. The van der Waals surface area contributed by atoms with E-state index in [2.05, 4.69) is 63.8 Å². The fourth-order valence-corrected chi connectivity index (χ4v) is 3.85. The molecule has 3 aromatic rings. The first kappa shape index (κ1) is 20.1. The first-order valence-electron chi connectivity index (χ1n) is 9.99. The molecular weight excluding hydrogens is 394 g/mol. The van der Waals surface area contributed by atoms with Gasteiger partial charge in [-0.3, -0.25) is 0 Å². The van der Waals surface area contributed by atoms with Gasteiger partial charge in [0.25, 0.3) is 0 Å². The Kier molecular flexibility index (Phi) is 6.09. The summed E-state index contributed by atoms with van der Waals surface area (Å²) in [6, 6.07) is 20.6. The molecule has 2 N–H and O–H groups in total. The zero-order valence-electron chi connectivity index (χ0n) is 17.1. The van der Waals surface area contributed by atoms with Gasteiger partial charge in [-0.1, -0.05) is 54.6 Å². The third-order valence-electron chi connectivity index (χ3n) is 5.23. The molecule has 0 spiro atoms. The maximum absolute atomic E-state index is 5.49. The van der Waals surface area contributed by atoms with Crippen LogP contribution >= 0.6 is 12.2 Å². The second-order valence-electron chi connectivity index (χ2n) is 7.26. The number of benzene rings is 2. The van der Waals surface area contributed by atoms with E-state index in [1.165, 1.54) is 11.1 Å². The smallest absolute Gasteiger partial charge is 0.234 e. The lowest BCUT2D eigenvalue weighted by Crippen LogP contribution is -2.33. The number of thiocarbonyl (C=S) groups is 1. The Hall–Kier alpha value is -3.19. The summed E-state index contributed by atoms with van der Waals surface area (Å²) in [7, 11) is 1.61. The van der Waals surface area contributed by atoms with Gasteiger partial charge in [-0.05, 0) is 42.3 Å². The minimum atomic E-state index is 0.0647. The SMILES string of the molecule is COc1cc(N2CCc3ccccc3C2)nc(NC(=S)N[C@@H](C)c2ccccc2)n1. The van der Waals surface area contributed by atoms with E-state index in [9.17, 15) is 0 Å². The van der Waals surface area contributed by atoms with Gasteiger partial charge in [0.2, 0.25) is 11.8 Å². The Morgan fingerprint density at radius 2 is 1.80 bits per heavy atom. The van der Waals surface area contributed by atoms with Crippen LogP contribution in [0, 0.1) is 0 Å². The standard InChI is InChI=1S/C23H25N5OS/c1-16(17-8-4-3-5-9-17)24-23(30)27-22-25-20(14-21(26-22)29-2)28-13-12-18-10-6-7-11-19(18)15-28/h3-11,14,16H,12-13,15H2,1-2H3,(H2,24,25,26,27,30)/t16-/m0/s1. The number of hydrogen-bond donors (Lipinski definition) is 2. The van der Waals surface area contributed by atoms with Crippen molar-refractivity contribution in [2.45, 2.75) is 25.9 Å². The highest BCUT2D eigenvalue weighted by molar-refractivity contribution is 7.80. The summed E-state index contributed by atoms with van der Waals surface area (Å²) in [5.41, 5.74) is 3.87. The number of nitrogens with zero attached hydrogens (tertiary/aromatic N) is 3. The number of hydrogen-bond acceptors (Lipinski definition) is 5. The van der Waals surface area contributed by atoms with Gasteiger partial charge in [-0.15, -0.1) is 0 Å². The van der Waals surface area contributed by atoms with Crippen LogP contribution in [-0.4, -0.2) is 28.7 Å². The van der Waals surface area contributed by atoms with E-state index < -0.39 is 0 Å². The fraction of sp³-hybridized carbons (Fsp3) is 0.261. The molecule has 0 saturated heterocycles. The fourth-order valence-electron chi connectivity index (χ4n) is 3.59. The summed E-state index contributed by atoms with van der Waals surface area (Å²) >= 11 is 5.49. The van der Waals surface area contributed by atoms with Crippen LogP contribution in [0.2, 0.25) is 0 Å². The molecule has 4 rings (SSSR count). The van der Waals surface area contributed by atoms with E-state index in [1.807, 2.05) is 24.3 Å². The van der Waals surface area contributed by atoms with E-state index in [0.717, 1.165) is 30.9 Å². The lowest BCUT2D eigenvalue weighted by Gasteiger charge is -2.30. The molecule has 7 heteroatoms. The molecule has 2 heterocycles. The van der Waals surface area contributed by atoms with Crippen LogP contribution in [0.1, 0.15) is 29.7 Å². The Labute approximate surface area is 182 Å². The van der Waals surface area contributed by atoms with Gasteiger partial charge in [-0.2, -0.15) is 9.97 Å². The summed E-state index contributed by atoms with van der Waals surface area (Å²) in [5, 5.41) is 6.85. The third-order valence-corrected chi connectivity index (χ3v) is 5.45. The molecular formula is C23H25N5OS. The number of methoxy groups -OCH3 is 1. The summed E-state index contributed by atoms with van der Waals surface area (Å²) in [6.07, 6.45) is 0.986. The van der Waals surface area contributed by atoms with Crippen LogP contribution in [0.3, 0.4) is 0 Å². The van der Waals surface area contributed by atoms with Crippen molar-refractivity contribution >= 4 is 29.1 Å². The molecule has 1 aromatic heterocycles. The van der Waals surface area contributed by atoms with E-state index in [1.54, 1.807) is 7.11 Å². The Morgan fingerprint density at radius 3 is 2.57 bits per heavy atom.